The Hall–Kier alpha value is -1.13. The van der Waals surface area contributed by atoms with Crippen molar-refractivity contribution in [1.29, 1.82) is 0 Å². The Balaban J connectivity index is 1.99. The molecule has 72 valence electrons. The summed E-state index contributed by atoms with van der Waals surface area (Å²) in [7, 11) is 0. The van der Waals surface area contributed by atoms with Gasteiger partial charge in [0.05, 0.1) is 5.69 Å². The SMILES string of the molecule is Clc1sccc1NCc1cncnc1. The summed E-state index contributed by atoms with van der Waals surface area (Å²) in [5, 5.41) is 5.16. The average Bonchev–Trinajstić information content (AvgIpc) is 2.63. The molecule has 14 heavy (non-hydrogen) atoms. The third-order valence-electron chi connectivity index (χ3n) is 1.71. The molecule has 0 aliphatic carbocycles. The van der Waals surface area contributed by atoms with Crippen molar-refractivity contribution in [2.75, 3.05) is 5.32 Å². The summed E-state index contributed by atoms with van der Waals surface area (Å²) >= 11 is 7.44. The molecule has 0 radical (unpaired) electrons. The van der Waals surface area contributed by atoms with E-state index < -0.39 is 0 Å². The highest BCUT2D eigenvalue weighted by molar-refractivity contribution is 7.15. The van der Waals surface area contributed by atoms with Gasteiger partial charge < -0.3 is 5.32 Å². The minimum Gasteiger partial charge on any atom is -0.379 e. The molecule has 0 atom stereocenters. The van der Waals surface area contributed by atoms with Crippen molar-refractivity contribution in [3.8, 4) is 0 Å². The first kappa shape index (κ1) is 9.43. The zero-order chi connectivity index (χ0) is 9.80. The molecule has 0 fully saturated rings. The Bertz CT molecular complexity index is 401. The molecule has 1 N–H and O–H groups in total. The topological polar surface area (TPSA) is 37.8 Å². The molecular weight excluding hydrogens is 218 g/mol. The third-order valence-corrected chi connectivity index (χ3v) is 2.88. The largest absolute Gasteiger partial charge is 0.379 e. The van der Waals surface area contributed by atoms with Crippen LogP contribution in [-0.2, 0) is 6.54 Å². The fraction of sp³-hybridized carbons (Fsp3) is 0.111. The molecule has 0 aliphatic rings. The molecule has 0 bridgehead atoms. The molecule has 2 heterocycles. The van der Waals surface area contributed by atoms with Crippen molar-refractivity contribution < 1.29 is 0 Å². The van der Waals surface area contributed by atoms with Crippen LogP contribution in [-0.4, -0.2) is 9.97 Å². The molecule has 0 unspecified atom stereocenters. The molecule has 0 aliphatic heterocycles. The maximum atomic E-state index is 5.93. The van der Waals surface area contributed by atoms with Crippen molar-refractivity contribution >= 4 is 28.6 Å². The Morgan fingerprint density at radius 1 is 1.36 bits per heavy atom. The van der Waals surface area contributed by atoms with Crippen LogP contribution in [0.4, 0.5) is 5.69 Å². The molecule has 2 aromatic heterocycles. The number of hydrogen-bond donors (Lipinski definition) is 1. The number of thiophene rings is 1. The lowest BCUT2D eigenvalue weighted by Crippen LogP contribution is -1.99. The molecule has 2 rings (SSSR count). The summed E-state index contributed by atoms with van der Waals surface area (Å²) in [6, 6.07) is 1.96. The second kappa shape index (κ2) is 4.39. The lowest BCUT2D eigenvalue weighted by atomic mass is 10.3. The van der Waals surface area contributed by atoms with Crippen LogP contribution < -0.4 is 5.32 Å². The van der Waals surface area contributed by atoms with Crippen LogP contribution in [0.5, 0.6) is 0 Å². The molecule has 0 amide bonds. The number of rotatable bonds is 3. The number of nitrogens with zero attached hydrogens (tertiary/aromatic N) is 2. The van der Waals surface area contributed by atoms with Gasteiger partial charge >= 0.3 is 0 Å². The van der Waals surface area contributed by atoms with E-state index in [0.29, 0.717) is 6.54 Å². The van der Waals surface area contributed by atoms with Crippen molar-refractivity contribution in [1.82, 2.24) is 9.97 Å². The van der Waals surface area contributed by atoms with Gasteiger partial charge in [-0.2, -0.15) is 0 Å². The van der Waals surface area contributed by atoms with Gasteiger partial charge in [0.15, 0.2) is 0 Å². The lowest BCUT2D eigenvalue weighted by molar-refractivity contribution is 1.05. The molecule has 0 spiro atoms. The number of aromatic nitrogens is 2. The van der Waals surface area contributed by atoms with Gasteiger partial charge in [0, 0.05) is 24.5 Å². The summed E-state index contributed by atoms with van der Waals surface area (Å²) in [5.74, 6) is 0. The summed E-state index contributed by atoms with van der Waals surface area (Å²) < 4.78 is 0.779. The molecule has 0 saturated carbocycles. The second-order valence-electron chi connectivity index (χ2n) is 2.71. The van der Waals surface area contributed by atoms with Gasteiger partial charge in [0.1, 0.15) is 10.7 Å². The van der Waals surface area contributed by atoms with Crippen molar-refractivity contribution in [2.45, 2.75) is 6.54 Å². The van der Waals surface area contributed by atoms with Gasteiger partial charge in [-0.15, -0.1) is 11.3 Å². The van der Waals surface area contributed by atoms with Gasteiger partial charge in [0.25, 0.3) is 0 Å². The normalized spacial score (nSPS) is 10.1. The number of anilines is 1. The number of halogens is 1. The highest BCUT2D eigenvalue weighted by Gasteiger charge is 2.00. The van der Waals surface area contributed by atoms with E-state index in [4.69, 9.17) is 11.6 Å². The fourth-order valence-electron chi connectivity index (χ4n) is 1.04. The predicted octanol–water partition coefficient (Wildman–Crippen LogP) is 2.80. The van der Waals surface area contributed by atoms with Crippen LogP contribution in [0.15, 0.2) is 30.2 Å². The monoisotopic (exact) mass is 225 g/mol. The maximum Gasteiger partial charge on any atom is 0.116 e. The lowest BCUT2D eigenvalue weighted by Gasteiger charge is -2.03. The van der Waals surface area contributed by atoms with Crippen LogP contribution in [0.1, 0.15) is 5.56 Å². The molecule has 0 aromatic carbocycles. The van der Waals surface area contributed by atoms with Crippen LogP contribution in [0.2, 0.25) is 4.34 Å². The quantitative estimate of drug-likeness (QED) is 0.873. The van der Waals surface area contributed by atoms with Crippen LogP contribution in [0, 0.1) is 0 Å². The van der Waals surface area contributed by atoms with Gasteiger partial charge in [0.2, 0.25) is 0 Å². The molecular formula is C9H8ClN3S. The maximum absolute atomic E-state index is 5.93. The van der Waals surface area contributed by atoms with Gasteiger partial charge in [-0.1, -0.05) is 11.6 Å². The zero-order valence-corrected chi connectivity index (χ0v) is 8.85. The van der Waals surface area contributed by atoms with E-state index >= 15 is 0 Å². The van der Waals surface area contributed by atoms with E-state index in [1.54, 1.807) is 12.4 Å². The van der Waals surface area contributed by atoms with Crippen molar-refractivity contribution in [3.05, 3.63) is 40.1 Å². The third kappa shape index (κ3) is 2.21. The first-order chi connectivity index (χ1) is 6.86. The van der Waals surface area contributed by atoms with E-state index in [9.17, 15) is 0 Å². The molecule has 0 saturated heterocycles. The first-order valence-electron chi connectivity index (χ1n) is 4.07. The minimum atomic E-state index is 0.692. The highest BCUT2D eigenvalue weighted by Crippen LogP contribution is 2.27. The fourth-order valence-corrected chi connectivity index (χ4v) is 1.91. The first-order valence-corrected chi connectivity index (χ1v) is 5.33. The smallest absolute Gasteiger partial charge is 0.116 e. The highest BCUT2D eigenvalue weighted by atomic mass is 35.5. The zero-order valence-electron chi connectivity index (χ0n) is 7.27. The van der Waals surface area contributed by atoms with Gasteiger partial charge in [-0.25, -0.2) is 9.97 Å². The van der Waals surface area contributed by atoms with Gasteiger partial charge in [-0.3, -0.25) is 0 Å². The minimum absolute atomic E-state index is 0.692. The van der Waals surface area contributed by atoms with Crippen LogP contribution >= 0.6 is 22.9 Å². The Morgan fingerprint density at radius 2 is 2.14 bits per heavy atom. The van der Waals surface area contributed by atoms with E-state index in [1.165, 1.54) is 17.7 Å². The van der Waals surface area contributed by atoms with Crippen molar-refractivity contribution in [2.24, 2.45) is 0 Å². The summed E-state index contributed by atoms with van der Waals surface area (Å²) in [6.07, 6.45) is 5.07. The van der Waals surface area contributed by atoms with E-state index in [1.807, 2.05) is 11.4 Å². The van der Waals surface area contributed by atoms with E-state index in [-0.39, 0.29) is 0 Å². The Kier molecular flexibility index (Phi) is 2.96. The van der Waals surface area contributed by atoms with Crippen LogP contribution in [0.3, 0.4) is 0 Å². The number of hydrogen-bond acceptors (Lipinski definition) is 4. The summed E-state index contributed by atoms with van der Waals surface area (Å²) in [6.45, 7) is 0.692. The van der Waals surface area contributed by atoms with Crippen molar-refractivity contribution in [3.63, 3.8) is 0 Å². The molecule has 3 nitrogen and oxygen atoms in total. The molecule has 2 aromatic rings. The average molecular weight is 226 g/mol. The Morgan fingerprint density at radius 3 is 2.79 bits per heavy atom. The van der Waals surface area contributed by atoms with E-state index in [2.05, 4.69) is 15.3 Å². The predicted molar refractivity (Wildman–Crippen MR) is 58.7 cm³/mol. The summed E-state index contributed by atoms with van der Waals surface area (Å²) in [5.41, 5.74) is 2.00. The second-order valence-corrected chi connectivity index (χ2v) is 4.23. The number of nitrogens with one attached hydrogen (secondary N) is 1. The van der Waals surface area contributed by atoms with E-state index in [0.717, 1.165) is 15.6 Å². The summed E-state index contributed by atoms with van der Waals surface area (Å²) in [4.78, 5) is 7.85. The van der Waals surface area contributed by atoms with Gasteiger partial charge in [-0.05, 0) is 11.4 Å². The standard InChI is InChI=1S/C9H8ClN3S/c10-9-8(1-2-14-9)13-5-7-3-11-6-12-4-7/h1-4,6,13H,5H2. The van der Waals surface area contributed by atoms with Crippen LogP contribution in [0.25, 0.3) is 0 Å². The Labute approximate surface area is 90.8 Å². The molecule has 5 heteroatoms.